The summed E-state index contributed by atoms with van der Waals surface area (Å²) in [6.45, 7) is 6.84. The van der Waals surface area contributed by atoms with Crippen molar-refractivity contribution < 1.29 is 4.79 Å². The second-order valence-electron chi connectivity index (χ2n) is 6.78. The van der Waals surface area contributed by atoms with Gasteiger partial charge in [-0.05, 0) is 64.1 Å². The number of likely N-dealkylation sites (tertiary alicyclic amines) is 2. The van der Waals surface area contributed by atoms with Crippen LogP contribution in [0.25, 0.3) is 0 Å². The van der Waals surface area contributed by atoms with Gasteiger partial charge in [-0.2, -0.15) is 0 Å². The minimum atomic E-state index is 0.110. The summed E-state index contributed by atoms with van der Waals surface area (Å²) < 4.78 is 0. The Labute approximate surface area is 122 Å². The van der Waals surface area contributed by atoms with Gasteiger partial charge in [-0.15, -0.1) is 0 Å². The van der Waals surface area contributed by atoms with Crippen molar-refractivity contribution in [3.05, 3.63) is 0 Å². The number of hydrogen-bond acceptors (Lipinski definition) is 3. The monoisotopic (exact) mass is 279 g/mol. The fraction of sp³-hybridized carbons (Fsp3) is 0.938. The molecule has 1 atom stereocenters. The van der Waals surface area contributed by atoms with Crippen LogP contribution in [0, 0.1) is 5.92 Å². The maximum atomic E-state index is 12.5. The zero-order valence-corrected chi connectivity index (χ0v) is 12.6. The van der Waals surface area contributed by atoms with Crippen molar-refractivity contribution in [3.8, 4) is 0 Å². The Bertz CT molecular complexity index is 314. The first-order chi connectivity index (χ1) is 9.83. The summed E-state index contributed by atoms with van der Waals surface area (Å²) in [6.07, 6.45) is 8.63. The van der Waals surface area contributed by atoms with Gasteiger partial charge < -0.3 is 15.1 Å². The lowest BCUT2D eigenvalue weighted by molar-refractivity contribution is -0.135. The van der Waals surface area contributed by atoms with Crippen molar-refractivity contribution in [2.24, 2.45) is 5.92 Å². The molecule has 4 heteroatoms. The van der Waals surface area contributed by atoms with Crippen molar-refractivity contribution >= 4 is 5.91 Å². The zero-order chi connectivity index (χ0) is 13.8. The standard InChI is InChI=1S/C16H29N3O/c20-16(15-5-1-2-8-17-15)19-11-6-14(7-12-19)13-18-9-3-4-10-18/h14-15,17H,1-13H2/t15-/m1/s1. The highest BCUT2D eigenvalue weighted by Gasteiger charge is 2.29. The summed E-state index contributed by atoms with van der Waals surface area (Å²) in [5.74, 6) is 1.18. The third kappa shape index (κ3) is 3.53. The Hall–Kier alpha value is -0.610. The van der Waals surface area contributed by atoms with E-state index in [4.69, 9.17) is 0 Å². The molecule has 1 amide bonds. The summed E-state index contributed by atoms with van der Waals surface area (Å²) >= 11 is 0. The average molecular weight is 279 g/mol. The normalized spacial score (nSPS) is 29.8. The molecule has 20 heavy (non-hydrogen) atoms. The van der Waals surface area contributed by atoms with Gasteiger partial charge in [-0.1, -0.05) is 6.42 Å². The van der Waals surface area contributed by atoms with Crippen LogP contribution in [0.15, 0.2) is 0 Å². The number of carbonyl (C=O) groups is 1. The van der Waals surface area contributed by atoms with Crippen molar-refractivity contribution in [2.45, 2.75) is 51.0 Å². The second kappa shape index (κ2) is 6.90. The Morgan fingerprint density at radius 2 is 1.70 bits per heavy atom. The molecule has 0 spiro atoms. The van der Waals surface area contributed by atoms with E-state index in [0.29, 0.717) is 5.91 Å². The van der Waals surface area contributed by atoms with Crippen LogP contribution >= 0.6 is 0 Å². The lowest BCUT2D eigenvalue weighted by atomic mass is 9.95. The van der Waals surface area contributed by atoms with Crippen LogP contribution < -0.4 is 5.32 Å². The molecule has 3 aliphatic rings. The summed E-state index contributed by atoms with van der Waals surface area (Å²) in [7, 11) is 0. The molecule has 0 aliphatic carbocycles. The van der Waals surface area contributed by atoms with E-state index in [-0.39, 0.29) is 6.04 Å². The highest BCUT2D eigenvalue weighted by atomic mass is 16.2. The van der Waals surface area contributed by atoms with Gasteiger partial charge in [0, 0.05) is 19.6 Å². The van der Waals surface area contributed by atoms with Gasteiger partial charge in [0.2, 0.25) is 5.91 Å². The second-order valence-corrected chi connectivity index (χ2v) is 6.78. The largest absolute Gasteiger partial charge is 0.341 e. The van der Waals surface area contributed by atoms with Crippen LogP contribution in [0.1, 0.15) is 44.9 Å². The predicted molar refractivity (Wildman–Crippen MR) is 80.6 cm³/mol. The van der Waals surface area contributed by atoms with Crippen LogP contribution in [-0.4, -0.2) is 61.0 Å². The molecule has 3 rings (SSSR count). The van der Waals surface area contributed by atoms with Gasteiger partial charge in [0.25, 0.3) is 0 Å². The quantitative estimate of drug-likeness (QED) is 0.849. The number of piperidine rings is 2. The third-order valence-electron chi connectivity index (χ3n) is 5.25. The van der Waals surface area contributed by atoms with E-state index in [1.54, 1.807) is 0 Å². The molecular weight excluding hydrogens is 250 g/mol. The number of rotatable bonds is 3. The topological polar surface area (TPSA) is 35.6 Å². The van der Waals surface area contributed by atoms with E-state index in [1.807, 2.05) is 0 Å². The maximum Gasteiger partial charge on any atom is 0.239 e. The summed E-state index contributed by atoms with van der Waals surface area (Å²) in [5, 5.41) is 3.39. The maximum absolute atomic E-state index is 12.5. The third-order valence-corrected chi connectivity index (χ3v) is 5.25. The minimum absolute atomic E-state index is 0.110. The van der Waals surface area contributed by atoms with Crippen molar-refractivity contribution in [2.75, 3.05) is 39.3 Å². The van der Waals surface area contributed by atoms with E-state index in [2.05, 4.69) is 15.1 Å². The smallest absolute Gasteiger partial charge is 0.239 e. The molecule has 114 valence electrons. The lowest BCUT2D eigenvalue weighted by Crippen LogP contribution is -2.51. The molecule has 3 aliphatic heterocycles. The summed E-state index contributed by atoms with van der Waals surface area (Å²) in [4.78, 5) is 17.2. The number of hydrogen-bond donors (Lipinski definition) is 1. The Balaban J connectivity index is 1.41. The first kappa shape index (κ1) is 14.3. The number of nitrogens with one attached hydrogen (secondary N) is 1. The van der Waals surface area contributed by atoms with Crippen LogP contribution in [0.3, 0.4) is 0 Å². The zero-order valence-electron chi connectivity index (χ0n) is 12.6. The molecule has 1 N–H and O–H groups in total. The van der Waals surface area contributed by atoms with Gasteiger partial charge in [-0.25, -0.2) is 0 Å². The van der Waals surface area contributed by atoms with Gasteiger partial charge in [-0.3, -0.25) is 4.79 Å². The highest BCUT2D eigenvalue weighted by Crippen LogP contribution is 2.22. The number of carbonyl (C=O) groups excluding carboxylic acids is 1. The molecule has 0 aromatic heterocycles. The van der Waals surface area contributed by atoms with Crippen molar-refractivity contribution in [1.29, 1.82) is 0 Å². The van der Waals surface area contributed by atoms with E-state index in [1.165, 1.54) is 58.2 Å². The van der Waals surface area contributed by atoms with E-state index in [9.17, 15) is 4.79 Å². The van der Waals surface area contributed by atoms with E-state index in [0.717, 1.165) is 32.0 Å². The molecule has 3 saturated heterocycles. The average Bonchev–Trinajstić information content (AvgIpc) is 3.01. The van der Waals surface area contributed by atoms with Crippen molar-refractivity contribution in [3.63, 3.8) is 0 Å². The minimum Gasteiger partial charge on any atom is -0.341 e. The Kier molecular flexibility index (Phi) is 4.94. The molecule has 0 bridgehead atoms. The molecule has 0 saturated carbocycles. The summed E-state index contributed by atoms with van der Waals surface area (Å²) in [5.41, 5.74) is 0. The van der Waals surface area contributed by atoms with Crippen LogP contribution in [-0.2, 0) is 4.79 Å². The lowest BCUT2D eigenvalue weighted by Gasteiger charge is -2.36. The molecule has 3 heterocycles. The fourth-order valence-electron chi connectivity index (χ4n) is 3.95. The first-order valence-electron chi connectivity index (χ1n) is 8.57. The first-order valence-corrected chi connectivity index (χ1v) is 8.57. The molecule has 4 nitrogen and oxygen atoms in total. The molecule has 0 unspecified atom stereocenters. The Morgan fingerprint density at radius 3 is 2.35 bits per heavy atom. The molecule has 0 radical (unpaired) electrons. The van der Waals surface area contributed by atoms with Gasteiger partial charge in [0.1, 0.15) is 0 Å². The fourth-order valence-corrected chi connectivity index (χ4v) is 3.95. The molecule has 0 aromatic rings. The van der Waals surface area contributed by atoms with Gasteiger partial charge in [0.05, 0.1) is 6.04 Å². The van der Waals surface area contributed by atoms with Crippen LogP contribution in [0.2, 0.25) is 0 Å². The molecular formula is C16H29N3O. The van der Waals surface area contributed by atoms with Crippen molar-refractivity contribution in [1.82, 2.24) is 15.1 Å². The van der Waals surface area contributed by atoms with E-state index < -0.39 is 0 Å². The number of amides is 1. The van der Waals surface area contributed by atoms with Gasteiger partial charge >= 0.3 is 0 Å². The predicted octanol–water partition coefficient (Wildman–Crippen LogP) is 1.46. The van der Waals surface area contributed by atoms with Crippen LogP contribution in [0.5, 0.6) is 0 Å². The highest BCUT2D eigenvalue weighted by molar-refractivity contribution is 5.82. The van der Waals surface area contributed by atoms with E-state index >= 15 is 0 Å². The number of nitrogens with zero attached hydrogens (tertiary/aromatic N) is 2. The SMILES string of the molecule is O=C([C@H]1CCCCN1)N1CCC(CN2CCCC2)CC1. The molecule has 3 fully saturated rings. The molecule has 0 aromatic carbocycles. The van der Waals surface area contributed by atoms with Crippen LogP contribution in [0.4, 0.5) is 0 Å². The van der Waals surface area contributed by atoms with Gasteiger partial charge in [0.15, 0.2) is 0 Å². The summed E-state index contributed by atoms with van der Waals surface area (Å²) in [6, 6.07) is 0.110. The Morgan fingerprint density at radius 1 is 0.950 bits per heavy atom.